The molecule has 0 saturated carbocycles. The van der Waals surface area contributed by atoms with E-state index in [0.29, 0.717) is 17.9 Å². The van der Waals surface area contributed by atoms with Crippen LogP contribution in [0.3, 0.4) is 0 Å². The molecule has 7 heteroatoms. The van der Waals surface area contributed by atoms with Crippen molar-refractivity contribution in [3.05, 3.63) is 77.1 Å². The summed E-state index contributed by atoms with van der Waals surface area (Å²) >= 11 is 0. The molecule has 7 nitrogen and oxygen atoms in total. The number of benzene rings is 2. The molecule has 2 heterocycles. The summed E-state index contributed by atoms with van der Waals surface area (Å²) in [6.45, 7) is 6.87. The lowest BCUT2D eigenvalue weighted by Crippen LogP contribution is -2.49. The van der Waals surface area contributed by atoms with Gasteiger partial charge < -0.3 is 0 Å². The molecule has 0 radical (unpaired) electrons. The van der Waals surface area contributed by atoms with E-state index in [0.717, 1.165) is 12.0 Å². The first-order valence-corrected chi connectivity index (χ1v) is 9.44. The number of nitrogens with zero attached hydrogens (tertiary/aromatic N) is 5. The summed E-state index contributed by atoms with van der Waals surface area (Å²) in [5.74, 6) is 0.577. The van der Waals surface area contributed by atoms with Gasteiger partial charge in [0.1, 0.15) is 6.04 Å². The molecule has 1 unspecified atom stereocenters. The number of tetrazole rings is 1. The summed E-state index contributed by atoms with van der Waals surface area (Å²) in [6.07, 6.45) is 0.846. The number of carbonyl (C=O) groups excluding carboxylic acids is 1. The second-order valence-electron chi connectivity index (χ2n) is 7.97. The number of carbonyl (C=O) groups is 1. The van der Waals surface area contributed by atoms with Crippen molar-refractivity contribution in [2.45, 2.75) is 38.8 Å². The van der Waals surface area contributed by atoms with Crippen LogP contribution in [-0.2, 0) is 12.0 Å². The van der Waals surface area contributed by atoms with E-state index in [1.807, 2.05) is 40.0 Å². The average Bonchev–Trinajstić information content (AvgIpc) is 3.18. The summed E-state index contributed by atoms with van der Waals surface area (Å²) in [5.41, 5.74) is 5.79. The van der Waals surface area contributed by atoms with E-state index in [-0.39, 0.29) is 17.5 Å². The van der Waals surface area contributed by atoms with Crippen LogP contribution < -0.4 is 5.43 Å². The monoisotopic (exact) mass is 376 g/mol. The van der Waals surface area contributed by atoms with Gasteiger partial charge in [0.2, 0.25) is 0 Å². The van der Waals surface area contributed by atoms with Gasteiger partial charge in [-0.15, -0.1) is 5.10 Å². The highest BCUT2D eigenvalue weighted by Crippen LogP contribution is 2.34. The third kappa shape index (κ3) is 3.41. The SMILES string of the molecule is CC(C)(C)n1nnnc1C1c2ccccc2CCN1NC(=O)c1ccccc1. The number of rotatable bonds is 3. The lowest BCUT2D eigenvalue weighted by Gasteiger charge is -2.37. The molecule has 0 bridgehead atoms. The highest BCUT2D eigenvalue weighted by molar-refractivity contribution is 5.93. The molecule has 4 rings (SSSR count). The zero-order valence-electron chi connectivity index (χ0n) is 16.3. The van der Waals surface area contributed by atoms with Crippen molar-refractivity contribution in [3.8, 4) is 0 Å². The van der Waals surface area contributed by atoms with E-state index in [1.165, 1.54) is 5.56 Å². The second-order valence-corrected chi connectivity index (χ2v) is 7.97. The van der Waals surface area contributed by atoms with E-state index < -0.39 is 0 Å². The Morgan fingerprint density at radius 2 is 1.79 bits per heavy atom. The molecule has 2 aromatic carbocycles. The highest BCUT2D eigenvalue weighted by atomic mass is 16.2. The first-order chi connectivity index (χ1) is 13.4. The minimum Gasteiger partial charge on any atom is -0.284 e. The van der Waals surface area contributed by atoms with Crippen molar-refractivity contribution >= 4 is 5.91 Å². The van der Waals surface area contributed by atoms with E-state index in [2.05, 4.69) is 53.9 Å². The van der Waals surface area contributed by atoms with Gasteiger partial charge in [-0.1, -0.05) is 42.5 Å². The third-order valence-corrected chi connectivity index (χ3v) is 4.94. The van der Waals surface area contributed by atoms with Gasteiger partial charge in [0.25, 0.3) is 5.91 Å². The van der Waals surface area contributed by atoms with Crippen molar-refractivity contribution in [1.29, 1.82) is 0 Å². The van der Waals surface area contributed by atoms with Gasteiger partial charge in [-0.2, -0.15) is 0 Å². The summed E-state index contributed by atoms with van der Waals surface area (Å²) < 4.78 is 1.83. The number of aromatic nitrogens is 4. The molecule has 1 aliphatic rings. The number of amides is 1. The highest BCUT2D eigenvalue weighted by Gasteiger charge is 2.36. The maximum atomic E-state index is 12.8. The van der Waals surface area contributed by atoms with Crippen molar-refractivity contribution in [3.63, 3.8) is 0 Å². The molecule has 0 spiro atoms. The minimum atomic E-state index is -0.277. The molecule has 28 heavy (non-hydrogen) atoms. The normalized spacial score (nSPS) is 17.2. The molecule has 0 saturated heterocycles. The van der Waals surface area contributed by atoms with Crippen LogP contribution in [0.5, 0.6) is 0 Å². The van der Waals surface area contributed by atoms with Crippen molar-refractivity contribution < 1.29 is 4.79 Å². The standard InChI is InChI=1S/C21H24N6O/c1-21(2,3)27-19(22-24-25-27)18-17-12-8-7-9-15(17)13-14-26(18)23-20(28)16-10-5-4-6-11-16/h4-12,18H,13-14H2,1-3H3,(H,23,28). The number of fused-ring (bicyclic) bond motifs is 1. The Balaban J connectivity index is 1.74. The Morgan fingerprint density at radius 1 is 1.07 bits per heavy atom. The predicted octanol–water partition coefficient (Wildman–Crippen LogP) is 2.72. The summed E-state index contributed by atoms with van der Waals surface area (Å²) in [7, 11) is 0. The van der Waals surface area contributed by atoms with Crippen LogP contribution in [0.4, 0.5) is 0 Å². The van der Waals surface area contributed by atoms with Crippen LogP contribution in [-0.4, -0.2) is 37.7 Å². The number of hydrazine groups is 1. The fourth-order valence-corrected chi connectivity index (χ4v) is 3.59. The maximum Gasteiger partial charge on any atom is 0.265 e. The van der Waals surface area contributed by atoms with Crippen molar-refractivity contribution in [2.75, 3.05) is 6.54 Å². The Labute approximate surface area is 164 Å². The molecule has 0 fully saturated rings. The first-order valence-electron chi connectivity index (χ1n) is 9.44. The van der Waals surface area contributed by atoms with Crippen LogP contribution in [0.2, 0.25) is 0 Å². The topological polar surface area (TPSA) is 75.9 Å². The largest absolute Gasteiger partial charge is 0.284 e. The molecule has 1 atom stereocenters. The summed E-state index contributed by atoms with van der Waals surface area (Å²) in [5, 5.41) is 14.4. The number of hydrogen-bond acceptors (Lipinski definition) is 5. The Morgan fingerprint density at radius 3 is 2.54 bits per heavy atom. The zero-order chi connectivity index (χ0) is 19.7. The van der Waals surface area contributed by atoms with Crippen LogP contribution in [0.1, 0.15) is 54.1 Å². The van der Waals surface area contributed by atoms with E-state index in [9.17, 15) is 4.79 Å². The molecule has 0 aliphatic carbocycles. The maximum absolute atomic E-state index is 12.8. The minimum absolute atomic E-state index is 0.139. The van der Waals surface area contributed by atoms with E-state index in [4.69, 9.17) is 0 Å². The van der Waals surface area contributed by atoms with Crippen LogP contribution in [0.25, 0.3) is 0 Å². The van der Waals surface area contributed by atoms with Crippen LogP contribution in [0.15, 0.2) is 54.6 Å². The lowest BCUT2D eigenvalue weighted by molar-refractivity contribution is 0.0687. The van der Waals surface area contributed by atoms with Gasteiger partial charge in [0, 0.05) is 12.1 Å². The van der Waals surface area contributed by atoms with Crippen molar-refractivity contribution in [2.24, 2.45) is 0 Å². The molecule has 1 aromatic heterocycles. The molecular weight excluding hydrogens is 352 g/mol. The molecule has 1 amide bonds. The predicted molar refractivity (Wildman–Crippen MR) is 105 cm³/mol. The van der Waals surface area contributed by atoms with E-state index in [1.54, 1.807) is 12.1 Å². The van der Waals surface area contributed by atoms with E-state index >= 15 is 0 Å². The fraction of sp³-hybridized carbons (Fsp3) is 0.333. The first kappa shape index (κ1) is 18.3. The third-order valence-electron chi connectivity index (χ3n) is 4.94. The van der Waals surface area contributed by atoms with Gasteiger partial charge >= 0.3 is 0 Å². The van der Waals surface area contributed by atoms with Crippen LogP contribution >= 0.6 is 0 Å². The Hall–Kier alpha value is -3.06. The number of nitrogens with one attached hydrogen (secondary N) is 1. The summed E-state index contributed by atoms with van der Waals surface area (Å²) in [6, 6.07) is 17.2. The molecular formula is C21H24N6O. The Bertz CT molecular complexity index is 976. The Kier molecular flexibility index (Phi) is 4.68. The molecule has 144 valence electrons. The van der Waals surface area contributed by atoms with Gasteiger partial charge in [-0.25, -0.2) is 9.69 Å². The smallest absolute Gasteiger partial charge is 0.265 e. The quantitative estimate of drug-likeness (QED) is 0.761. The summed E-state index contributed by atoms with van der Waals surface area (Å²) in [4.78, 5) is 12.8. The van der Waals surface area contributed by atoms with Gasteiger partial charge in [0.05, 0.1) is 5.54 Å². The lowest BCUT2D eigenvalue weighted by atomic mass is 9.92. The average molecular weight is 376 g/mol. The van der Waals surface area contributed by atoms with Crippen molar-refractivity contribution in [1.82, 2.24) is 30.6 Å². The number of hydrogen-bond donors (Lipinski definition) is 1. The molecule has 1 aliphatic heterocycles. The van der Waals surface area contributed by atoms with Gasteiger partial charge in [-0.05, 0) is 60.9 Å². The zero-order valence-corrected chi connectivity index (χ0v) is 16.3. The molecule has 1 N–H and O–H groups in total. The van der Waals surface area contributed by atoms with Crippen LogP contribution in [0, 0.1) is 0 Å². The van der Waals surface area contributed by atoms with Gasteiger partial charge in [0.15, 0.2) is 5.82 Å². The van der Waals surface area contributed by atoms with Gasteiger partial charge in [-0.3, -0.25) is 10.2 Å². The molecule has 3 aromatic rings. The second kappa shape index (κ2) is 7.16. The fourth-order valence-electron chi connectivity index (χ4n) is 3.59.